The summed E-state index contributed by atoms with van der Waals surface area (Å²) in [5.74, 6) is 0. The Bertz CT molecular complexity index is 3670. The molecule has 0 fully saturated rings. The molecule has 4 heteroatoms. The molecule has 2 heterocycles. The molecule has 10 aromatic carbocycles. The van der Waals surface area contributed by atoms with Crippen LogP contribution in [-0.4, -0.2) is 0 Å². The molecule has 68 heavy (non-hydrogen) atoms. The second kappa shape index (κ2) is 15.0. The van der Waals surface area contributed by atoms with Gasteiger partial charge in [0.05, 0.1) is 22.7 Å². The van der Waals surface area contributed by atoms with Crippen LogP contribution < -0.4 is 9.80 Å². The third-order valence-electron chi connectivity index (χ3n) is 14.2. The first kappa shape index (κ1) is 41.8. The number of furan rings is 2. The van der Waals surface area contributed by atoms with Crippen LogP contribution in [0.1, 0.15) is 79.0 Å². The van der Waals surface area contributed by atoms with Crippen molar-refractivity contribution in [2.45, 2.75) is 78.6 Å². The van der Waals surface area contributed by atoms with Gasteiger partial charge in [-0.05, 0) is 80.4 Å². The predicted octanol–water partition coefficient (Wildman–Crippen LogP) is 19.2. The summed E-state index contributed by atoms with van der Waals surface area (Å²) in [5, 5.41) is 11.7. The monoisotopic (exact) mass is 884 g/mol. The lowest BCUT2D eigenvalue weighted by atomic mass is 9.83. The fourth-order valence-corrected chi connectivity index (χ4v) is 10.8. The molecule has 0 aliphatic heterocycles. The molecule has 12 rings (SSSR count). The molecular formula is C64H56N2O2. The van der Waals surface area contributed by atoms with Crippen LogP contribution in [0.2, 0.25) is 0 Å². The van der Waals surface area contributed by atoms with Crippen molar-refractivity contribution in [1.82, 2.24) is 0 Å². The summed E-state index contributed by atoms with van der Waals surface area (Å²) in [6, 6.07) is 64.5. The number of fused-ring (bicyclic) bond motifs is 6. The van der Waals surface area contributed by atoms with Crippen LogP contribution in [0.5, 0.6) is 0 Å². The van der Waals surface area contributed by atoms with Gasteiger partial charge in [-0.15, -0.1) is 0 Å². The highest BCUT2D eigenvalue weighted by Gasteiger charge is 2.30. The van der Waals surface area contributed by atoms with Gasteiger partial charge in [-0.25, -0.2) is 0 Å². The summed E-state index contributed by atoms with van der Waals surface area (Å²) in [7, 11) is 0. The minimum Gasteiger partial charge on any atom is -0.454 e. The first-order chi connectivity index (χ1) is 32.6. The van der Waals surface area contributed by atoms with Gasteiger partial charge in [0.1, 0.15) is 11.2 Å². The van der Waals surface area contributed by atoms with Gasteiger partial charge in [-0.3, -0.25) is 0 Å². The molecule has 0 atom stereocenters. The lowest BCUT2D eigenvalue weighted by Gasteiger charge is -2.32. The summed E-state index contributed by atoms with van der Waals surface area (Å²) < 4.78 is 14.4. The summed E-state index contributed by atoms with van der Waals surface area (Å²) >= 11 is 0. The number of anilines is 6. The third kappa shape index (κ3) is 6.48. The van der Waals surface area contributed by atoms with E-state index in [1.165, 1.54) is 38.2 Å². The van der Waals surface area contributed by atoms with E-state index in [4.69, 9.17) is 8.83 Å². The molecule has 0 saturated heterocycles. The van der Waals surface area contributed by atoms with Crippen molar-refractivity contribution in [3.63, 3.8) is 0 Å². The van der Waals surface area contributed by atoms with Gasteiger partial charge in [0.25, 0.3) is 0 Å². The van der Waals surface area contributed by atoms with Crippen LogP contribution in [0, 0.1) is 0 Å². The van der Waals surface area contributed by atoms with Crippen LogP contribution in [0.15, 0.2) is 185 Å². The molecule has 4 nitrogen and oxygen atoms in total. The molecule has 2 aromatic heterocycles. The van der Waals surface area contributed by atoms with E-state index in [2.05, 4.69) is 248 Å². The van der Waals surface area contributed by atoms with E-state index in [9.17, 15) is 0 Å². The van der Waals surface area contributed by atoms with Crippen molar-refractivity contribution in [2.75, 3.05) is 9.80 Å². The van der Waals surface area contributed by atoms with E-state index in [0.717, 1.165) is 88.8 Å². The molecule has 0 radical (unpaired) electrons. The Morgan fingerprint density at radius 2 is 0.706 bits per heavy atom. The van der Waals surface area contributed by atoms with Crippen molar-refractivity contribution in [3.8, 4) is 0 Å². The van der Waals surface area contributed by atoms with Crippen molar-refractivity contribution < 1.29 is 8.83 Å². The second-order valence-electron chi connectivity index (χ2n) is 21.8. The Balaban J connectivity index is 1.23. The smallest absolute Gasteiger partial charge is 0.159 e. The summed E-state index contributed by atoms with van der Waals surface area (Å²) in [5.41, 5.74) is 13.1. The zero-order valence-electron chi connectivity index (χ0n) is 40.5. The van der Waals surface area contributed by atoms with Gasteiger partial charge in [0.2, 0.25) is 0 Å². The molecular weight excluding hydrogens is 829 g/mol. The molecule has 0 spiro atoms. The van der Waals surface area contributed by atoms with E-state index in [-0.39, 0.29) is 16.2 Å². The van der Waals surface area contributed by atoms with E-state index >= 15 is 0 Å². The van der Waals surface area contributed by atoms with Gasteiger partial charge in [-0.2, -0.15) is 0 Å². The van der Waals surface area contributed by atoms with Gasteiger partial charge in [-0.1, -0.05) is 196 Å². The van der Waals surface area contributed by atoms with E-state index in [1.807, 2.05) is 0 Å². The Labute approximate surface area is 398 Å². The van der Waals surface area contributed by atoms with Crippen LogP contribution in [0.25, 0.3) is 76.2 Å². The first-order valence-corrected chi connectivity index (χ1v) is 24.0. The zero-order chi connectivity index (χ0) is 46.9. The van der Waals surface area contributed by atoms with Gasteiger partial charge in [0, 0.05) is 60.2 Å². The maximum absolute atomic E-state index is 7.20. The van der Waals surface area contributed by atoms with E-state index in [0.29, 0.717) is 0 Å². The number of benzene rings is 10. The predicted molar refractivity (Wildman–Crippen MR) is 290 cm³/mol. The highest BCUT2D eigenvalue weighted by Crippen LogP contribution is 2.53. The van der Waals surface area contributed by atoms with E-state index < -0.39 is 0 Å². The summed E-state index contributed by atoms with van der Waals surface area (Å²) in [6.45, 7) is 20.5. The minimum absolute atomic E-state index is 0.0226. The highest BCUT2D eigenvalue weighted by molar-refractivity contribution is 6.29. The Morgan fingerprint density at radius 3 is 1.10 bits per heavy atom. The molecule has 0 amide bonds. The molecule has 0 N–H and O–H groups in total. The lowest BCUT2D eigenvalue weighted by molar-refractivity contribution is 0.572. The van der Waals surface area contributed by atoms with Gasteiger partial charge >= 0.3 is 0 Å². The molecule has 0 unspecified atom stereocenters. The van der Waals surface area contributed by atoms with Crippen LogP contribution >= 0.6 is 0 Å². The van der Waals surface area contributed by atoms with Crippen LogP contribution in [0.4, 0.5) is 34.1 Å². The van der Waals surface area contributed by atoms with Crippen LogP contribution in [-0.2, 0) is 16.2 Å². The zero-order valence-corrected chi connectivity index (χ0v) is 40.5. The quantitative estimate of drug-likeness (QED) is 0.156. The minimum atomic E-state index is -0.113. The fraction of sp³-hybridized carbons (Fsp3) is 0.188. The normalized spacial score (nSPS) is 12.8. The number of rotatable bonds is 6. The number of nitrogens with zero attached hydrogens (tertiary/aromatic N) is 2. The molecule has 0 bridgehead atoms. The topological polar surface area (TPSA) is 32.8 Å². The second-order valence-corrected chi connectivity index (χ2v) is 21.8. The highest BCUT2D eigenvalue weighted by atomic mass is 16.3. The fourth-order valence-electron chi connectivity index (χ4n) is 10.8. The van der Waals surface area contributed by atoms with Gasteiger partial charge in [0.15, 0.2) is 11.2 Å². The first-order valence-electron chi connectivity index (χ1n) is 24.0. The van der Waals surface area contributed by atoms with Crippen molar-refractivity contribution in [3.05, 3.63) is 193 Å². The molecule has 12 aromatic rings. The summed E-state index contributed by atoms with van der Waals surface area (Å²) in [4.78, 5) is 4.86. The van der Waals surface area contributed by atoms with Crippen molar-refractivity contribution in [2.24, 2.45) is 0 Å². The van der Waals surface area contributed by atoms with Crippen molar-refractivity contribution >= 4 is 110 Å². The Morgan fingerprint density at radius 1 is 0.309 bits per heavy atom. The third-order valence-corrected chi connectivity index (χ3v) is 14.2. The standard InChI is InChI=1S/C64H56N2O2/c1-62(2,3)41-36-39-32-34-48-54(65(42-20-12-10-13-21-42)52-30-18-26-46-44-24-16-28-50(63(4,5)6)58(44)67-60(46)52)38-55(49-35-33-40(37-41)56(39)57(48)49)66(43-22-14-11-15-23-43)53-31-19-27-47-45-25-17-29-51(64(7,8)9)59(45)68-61(47)53/h10-38H,1-9H3. The molecule has 334 valence electrons. The van der Waals surface area contributed by atoms with E-state index in [1.54, 1.807) is 0 Å². The number of hydrogen-bond donors (Lipinski definition) is 0. The Kier molecular flexibility index (Phi) is 9.21. The lowest BCUT2D eigenvalue weighted by Crippen LogP contribution is -2.15. The number of para-hydroxylation sites is 6. The molecule has 0 aliphatic carbocycles. The van der Waals surface area contributed by atoms with Gasteiger partial charge < -0.3 is 18.6 Å². The average Bonchev–Trinajstić information content (AvgIpc) is 3.91. The largest absolute Gasteiger partial charge is 0.454 e. The molecule has 0 saturated carbocycles. The number of hydrogen-bond acceptors (Lipinski definition) is 4. The average molecular weight is 885 g/mol. The Hall–Kier alpha value is -7.56. The van der Waals surface area contributed by atoms with Crippen LogP contribution in [0.3, 0.4) is 0 Å². The van der Waals surface area contributed by atoms with Crippen molar-refractivity contribution in [1.29, 1.82) is 0 Å². The SMILES string of the molecule is CC(C)(C)c1cc2ccc3c(N(c4ccccc4)c4cccc5c4oc4c(C(C)(C)C)cccc45)cc(N(c4ccccc4)c4cccc5c4oc4c(C(C)(C)C)cccc45)c4ccc(c1)c2c34. The maximum atomic E-state index is 7.20. The maximum Gasteiger partial charge on any atom is 0.159 e. The summed E-state index contributed by atoms with van der Waals surface area (Å²) in [6.07, 6.45) is 0. The molecule has 0 aliphatic rings.